The third kappa shape index (κ3) is 1.55. The van der Waals surface area contributed by atoms with E-state index in [1.54, 1.807) is 0 Å². The van der Waals surface area contributed by atoms with Gasteiger partial charge in [0.25, 0.3) is 0 Å². The Morgan fingerprint density at radius 1 is 1.39 bits per heavy atom. The molecule has 1 aliphatic rings. The van der Waals surface area contributed by atoms with Crippen LogP contribution in [0, 0.1) is 0 Å². The number of rotatable bonds is 2. The van der Waals surface area contributed by atoms with Crippen LogP contribution in [-0.2, 0) is 0 Å². The zero-order valence-electron chi connectivity index (χ0n) is 10.1. The molecular weight excluding hydrogens is 244 g/mol. The van der Waals surface area contributed by atoms with Gasteiger partial charge in [0.05, 0.1) is 4.88 Å². The van der Waals surface area contributed by atoms with E-state index in [0.29, 0.717) is 10.5 Å². The lowest BCUT2D eigenvalue weighted by Crippen LogP contribution is -1.99. The minimum atomic E-state index is -0.741. The van der Waals surface area contributed by atoms with Gasteiger partial charge in [-0.3, -0.25) is 4.79 Å². The Balaban J connectivity index is 2.17. The Labute approximate surface area is 110 Å². The zero-order valence-corrected chi connectivity index (χ0v) is 11.0. The summed E-state index contributed by atoms with van der Waals surface area (Å²) >= 11 is 1.49. The second-order valence-corrected chi connectivity index (χ2v) is 5.57. The highest BCUT2D eigenvalue weighted by atomic mass is 32.1. The van der Waals surface area contributed by atoms with Gasteiger partial charge in [-0.1, -0.05) is 37.6 Å². The van der Waals surface area contributed by atoms with Gasteiger partial charge in [0.15, 0.2) is 0 Å². The summed E-state index contributed by atoms with van der Waals surface area (Å²) in [7, 11) is 0. The van der Waals surface area contributed by atoms with Crippen LogP contribution in [0.1, 0.15) is 41.1 Å². The van der Waals surface area contributed by atoms with Crippen molar-refractivity contribution >= 4 is 27.2 Å². The standard InChI is InChI=1S/C15H14O2S/c1-2-3-6-10-13(16)12-9-7-4-5-8-11(9)18-15(12)14(10)17/h4-8,13,16H,2-3H2,1H3/b10-6+. The topological polar surface area (TPSA) is 37.3 Å². The third-order valence-corrected chi connectivity index (χ3v) is 4.51. The molecular formula is C15H14O2S. The Morgan fingerprint density at radius 3 is 2.94 bits per heavy atom. The number of carbonyl (C=O) groups excluding carboxylic acids is 1. The molecule has 0 fully saturated rings. The first-order chi connectivity index (χ1) is 8.74. The molecule has 18 heavy (non-hydrogen) atoms. The van der Waals surface area contributed by atoms with Crippen molar-refractivity contribution in [2.24, 2.45) is 0 Å². The summed E-state index contributed by atoms with van der Waals surface area (Å²) in [6.45, 7) is 2.06. The van der Waals surface area contributed by atoms with E-state index in [-0.39, 0.29) is 5.78 Å². The molecule has 0 spiro atoms. The number of ketones is 1. The molecule has 1 aromatic carbocycles. The maximum absolute atomic E-state index is 12.3. The average Bonchev–Trinajstić information content (AvgIpc) is 2.86. The van der Waals surface area contributed by atoms with Gasteiger partial charge in [0.1, 0.15) is 6.10 Å². The fraction of sp³-hybridized carbons (Fsp3) is 0.267. The number of fused-ring (bicyclic) bond motifs is 3. The van der Waals surface area contributed by atoms with Crippen molar-refractivity contribution in [1.82, 2.24) is 0 Å². The molecule has 0 radical (unpaired) electrons. The summed E-state index contributed by atoms with van der Waals surface area (Å²) in [5.41, 5.74) is 1.37. The van der Waals surface area contributed by atoms with E-state index >= 15 is 0 Å². The first-order valence-corrected chi connectivity index (χ1v) is 7.00. The van der Waals surface area contributed by atoms with Crippen LogP contribution < -0.4 is 0 Å². The Morgan fingerprint density at radius 2 is 2.17 bits per heavy atom. The Hall–Kier alpha value is -1.45. The highest BCUT2D eigenvalue weighted by Crippen LogP contribution is 2.45. The van der Waals surface area contributed by atoms with E-state index in [4.69, 9.17) is 0 Å². The van der Waals surface area contributed by atoms with Crippen LogP contribution in [0.3, 0.4) is 0 Å². The van der Waals surface area contributed by atoms with Crippen molar-refractivity contribution in [3.8, 4) is 0 Å². The summed E-state index contributed by atoms with van der Waals surface area (Å²) < 4.78 is 1.07. The van der Waals surface area contributed by atoms with Gasteiger partial charge < -0.3 is 5.11 Å². The van der Waals surface area contributed by atoms with E-state index in [1.807, 2.05) is 30.3 Å². The summed E-state index contributed by atoms with van der Waals surface area (Å²) in [6.07, 6.45) is 2.97. The highest BCUT2D eigenvalue weighted by Gasteiger charge is 2.36. The molecule has 0 bridgehead atoms. The Bertz CT molecular complexity index is 652. The summed E-state index contributed by atoms with van der Waals surface area (Å²) in [5, 5.41) is 11.4. The second-order valence-electron chi connectivity index (χ2n) is 4.52. The number of hydrogen-bond acceptors (Lipinski definition) is 3. The number of allylic oxidation sites excluding steroid dienone is 1. The number of thiophene rings is 1. The van der Waals surface area contributed by atoms with Gasteiger partial charge in [0.2, 0.25) is 5.78 Å². The highest BCUT2D eigenvalue weighted by molar-refractivity contribution is 7.21. The molecule has 1 heterocycles. The molecule has 92 valence electrons. The maximum atomic E-state index is 12.3. The normalized spacial score (nSPS) is 20.9. The second kappa shape index (κ2) is 4.34. The quantitative estimate of drug-likeness (QED) is 0.830. The van der Waals surface area contributed by atoms with Crippen LogP contribution in [-0.4, -0.2) is 10.9 Å². The predicted octanol–water partition coefficient (Wildman–Crippen LogP) is 3.86. The van der Waals surface area contributed by atoms with Crippen molar-refractivity contribution in [3.05, 3.63) is 46.4 Å². The molecule has 2 nitrogen and oxygen atoms in total. The smallest absolute Gasteiger partial charge is 0.202 e. The lowest BCUT2D eigenvalue weighted by Gasteiger charge is -2.05. The molecule has 0 saturated carbocycles. The number of benzene rings is 1. The van der Waals surface area contributed by atoms with Crippen molar-refractivity contribution < 1.29 is 9.90 Å². The minimum absolute atomic E-state index is 0.00662. The van der Waals surface area contributed by atoms with Gasteiger partial charge in [-0.2, -0.15) is 0 Å². The van der Waals surface area contributed by atoms with Gasteiger partial charge in [-0.25, -0.2) is 0 Å². The van der Waals surface area contributed by atoms with Crippen molar-refractivity contribution in [3.63, 3.8) is 0 Å². The molecule has 2 aromatic rings. The molecule has 0 aliphatic heterocycles. The summed E-state index contributed by atoms with van der Waals surface area (Å²) in [5.74, 6) is 0.00662. The third-order valence-electron chi connectivity index (χ3n) is 3.32. The molecule has 1 atom stereocenters. The van der Waals surface area contributed by atoms with Gasteiger partial charge >= 0.3 is 0 Å². The Kier molecular flexibility index (Phi) is 2.80. The molecule has 3 rings (SSSR count). The average molecular weight is 258 g/mol. The van der Waals surface area contributed by atoms with Crippen molar-refractivity contribution in [2.45, 2.75) is 25.9 Å². The fourth-order valence-electron chi connectivity index (χ4n) is 2.42. The molecule has 1 aromatic heterocycles. The lowest BCUT2D eigenvalue weighted by atomic mass is 10.1. The monoisotopic (exact) mass is 258 g/mol. The van der Waals surface area contributed by atoms with E-state index in [0.717, 1.165) is 28.5 Å². The fourth-order valence-corrected chi connectivity index (χ4v) is 3.62. The van der Waals surface area contributed by atoms with E-state index in [2.05, 4.69) is 6.92 Å². The maximum Gasteiger partial charge on any atom is 0.202 e. The molecule has 1 N–H and O–H groups in total. The number of unbranched alkanes of at least 4 members (excludes halogenated alkanes) is 1. The first-order valence-electron chi connectivity index (χ1n) is 6.18. The number of aliphatic hydroxyl groups excluding tert-OH is 1. The van der Waals surface area contributed by atoms with Crippen LogP contribution in [0.2, 0.25) is 0 Å². The molecule has 1 unspecified atom stereocenters. The SMILES string of the molecule is CCC/C=C1/C(=O)c2sc3ccccc3c2C1O. The van der Waals surface area contributed by atoms with Gasteiger partial charge in [-0.15, -0.1) is 11.3 Å². The van der Waals surface area contributed by atoms with Crippen LogP contribution in [0.5, 0.6) is 0 Å². The van der Waals surface area contributed by atoms with E-state index in [1.165, 1.54) is 11.3 Å². The van der Waals surface area contributed by atoms with E-state index < -0.39 is 6.10 Å². The number of aliphatic hydroxyl groups is 1. The van der Waals surface area contributed by atoms with Gasteiger partial charge in [-0.05, 0) is 17.9 Å². The summed E-state index contributed by atoms with van der Waals surface area (Å²) in [6, 6.07) is 7.87. The molecule has 3 heteroatoms. The predicted molar refractivity (Wildman–Crippen MR) is 74.1 cm³/mol. The van der Waals surface area contributed by atoms with Crippen LogP contribution in [0.15, 0.2) is 35.9 Å². The number of carbonyl (C=O) groups is 1. The molecule has 0 saturated heterocycles. The largest absolute Gasteiger partial charge is 0.383 e. The van der Waals surface area contributed by atoms with Crippen LogP contribution in [0.4, 0.5) is 0 Å². The minimum Gasteiger partial charge on any atom is -0.383 e. The molecule has 1 aliphatic carbocycles. The molecule has 0 amide bonds. The zero-order chi connectivity index (χ0) is 12.7. The van der Waals surface area contributed by atoms with Crippen molar-refractivity contribution in [1.29, 1.82) is 0 Å². The van der Waals surface area contributed by atoms with E-state index in [9.17, 15) is 9.90 Å². The lowest BCUT2D eigenvalue weighted by molar-refractivity contribution is 0.102. The number of hydrogen-bond donors (Lipinski definition) is 1. The number of Topliss-reactive ketones (excluding diaryl/α,β-unsaturated/α-hetero) is 1. The van der Waals surface area contributed by atoms with Crippen LogP contribution >= 0.6 is 11.3 Å². The van der Waals surface area contributed by atoms with Gasteiger partial charge in [0, 0.05) is 15.8 Å². The van der Waals surface area contributed by atoms with Crippen LogP contribution in [0.25, 0.3) is 10.1 Å². The first kappa shape index (κ1) is 11.6. The van der Waals surface area contributed by atoms with Crippen molar-refractivity contribution in [2.75, 3.05) is 0 Å². The summed E-state index contributed by atoms with van der Waals surface area (Å²) in [4.78, 5) is 13.0.